The van der Waals surface area contributed by atoms with Gasteiger partial charge < -0.3 is 9.15 Å². The van der Waals surface area contributed by atoms with Crippen molar-refractivity contribution in [1.29, 1.82) is 0 Å². The minimum atomic E-state index is -2.93. The number of para-hydroxylation sites is 1. The normalized spacial score (nSPS) is 11.1. The third kappa shape index (κ3) is 3.91. The van der Waals surface area contributed by atoms with Crippen LogP contribution in [0.3, 0.4) is 0 Å². The van der Waals surface area contributed by atoms with Crippen LogP contribution in [0.5, 0.6) is 5.75 Å². The van der Waals surface area contributed by atoms with Crippen LogP contribution in [0.4, 0.5) is 8.78 Å². The molecule has 1 amide bonds. The maximum Gasteiger partial charge on any atom is 0.387 e. The van der Waals surface area contributed by atoms with Crippen LogP contribution in [0.2, 0.25) is 0 Å². The average Bonchev–Trinajstić information content (AvgIpc) is 2.79. The van der Waals surface area contributed by atoms with Crippen LogP contribution < -0.4 is 10.2 Å². The number of hydrogen-bond acceptors (Lipinski definition) is 4. The molecule has 1 heterocycles. The highest BCUT2D eigenvalue weighted by Gasteiger charge is 2.12. The van der Waals surface area contributed by atoms with E-state index in [4.69, 9.17) is 4.42 Å². The van der Waals surface area contributed by atoms with Crippen molar-refractivity contribution in [2.24, 2.45) is 5.10 Å². The van der Waals surface area contributed by atoms with Crippen LogP contribution in [0.15, 0.2) is 39.9 Å². The van der Waals surface area contributed by atoms with E-state index in [0.717, 1.165) is 0 Å². The zero-order valence-corrected chi connectivity index (χ0v) is 12.0. The molecular formula is C15H14F2N2O3. The summed E-state index contributed by atoms with van der Waals surface area (Å²) in [4.78, 5) is 11.9. The summed E-state index contributed by atoms with van der Waals surface area (Å²) in [5, 5.41) is 3.75. The molecule has 0 aliphatic heterocycles. The van der Waals surface area contributed by atoms with Gasteiger partial charge in [-0.1, -0.05) is 12.1 Å². The Hall–Kier alpha value is -2.70. The van der Waals surface area contributed by atoms with Gasteiger partial charge in [-0.25, -0.2) is 5.43 Å². The first-order valence-electron chi connectivity index (χ1n) is 6.41. The Morgan fingerprint density at radius 2 is 2.09 bits per heavy atom. The van der Waals surface area contributed by atoms with Crippen LogP contribution in [0.1, 0.15) is 27.4 Å². The average molecular weight is 308 g/mol. The molecule has 2 aromatic rings. The topological polar surface area (TPSA) is 63.8 Å². The number of carbonyl (C=O) groups is 1. The van der Waals surface area contributed by atoms with Gasteiger partial charge in [0, 0.05) is 5.56 Å². The Morgan fingerprint density at radius 3 is 2.73 bits per heavy atom. The quantitative estimate of drug-likeness (QED) is 0.681. The summed E-state index contributed by atoms with van der Waals surface area (Å²) in [5.41, 5.74) is 3.00. The molecule has 5 nitrogen and oxygen atoms in total. The van der Waals surface area contributed by atoms with Crippen LogP contribution in [0, 0.1) is 13.8 Å². The fourth-order valence-corrected chi connectivity index (χ4v) is 1.87. The number of amides is 1. The van der Waals surface area contributed by atoms with E-state index in [-0.39, 0.29) is 5.75 Å². The Kier molecular flexibility index (Phi) is 4.88. The zero-order chi connectivity index (χ0) is 16.1. The molecule has 0 aliphatic carbocycles. The van der Waals surface area contributed by atoms with E-state index in [9.17, 15) is 13.6 Å². The Morgan fingerprint density at radius 1 is 1.36 bits per heavy atom. The number of carbonyl (C=O) groups excluding carboxylic acids is 1. The number of hydrazone groups is 1. The Bertz CT molecular complexity index is 696. The molecule has 1 aromatic carbocycles. The first-order valence-corrected chi connectivity index (χ1v) is 6.41. The van der Waals surface area contributed by atoms with E-state index in [1.54, 1.807) is 38.1 Å². The lowest BCUT2D eigenvalue weighted by Gasteiger charge is -2.06. The highest BCUT2D eigenvalue weighted by atomic mass is 19.3. The van der Waals surface area contributed by atoms with Crippen molar-refractivity contribution >= 4 is 12.1 Å². The Balaban J connectivity index is 2.07. The van der Waals surface area contributed by atoms with Gasteiger partial charge in [-0.2, -0.15) is 13.9 Å². The number of nitrogens with zero attached hydrogens (tertiary/aromatic N) is 1. The zero-order valence-electron chi connectivity index (χ0n) is 12.0. The second kappa shape index (κ2) is 6.84. The highest BCUT2D eigenvalue weighted by molar-refractivity contribution is 5.96. The molecule has 0 radical (unpaired) electrons. The maximum atomic E-state index is 12.3. The van der Waals surface area contributed by atoms with Crippen LogP contribution in [-0.2, 0) is 0 Å². The predicted octanol–water partition coefficient (Wildman–Crippen LogP) is 3.26. The summed E-state index contributed by atoms with van der Waals surface area (Å²) < 4.78 is 34.1. The molecule has 22 heavy (non-hydrogen) atoms. The highest BCUT2D eigenvalue weighted by Crippen LogP contribution is 2.18. The van der Waals surface area contributed by atoms with Crippen molar-refractivity contribution in [3.05, 3.63) is 53.0 Å². The second-order valence-corrected chi connectivity index (χ2v) is 4.44. The number of ether oxygens (including phenoxy) is 1. The summed E-state index contributed by atoms with van der Waals surface area (Å²) in [6.45, 7) is 0.461. The van der Waals surface area contributed by atoms with E-state index in [1.165, 1.54) is 12.3 Å². The van der Waals surface area contributed by atoms with Gasteiger partial charge in [0.15, 0.2) is 0 Å². The van der Waals surface area contributed by atoms with Gasteiger partial charge in [-0.05, 0) is 32.0 Å². The van der Waals surface area contributed by atoms with Crippen molar-refractivity contribution in [1.82, 2.24) is 5.43 Å². The molecule has 2 rings (SSSR count). The second-order valence-electron chi connectivity index (χ2n) is 4.44. The molecule has 1 N–H and O–H groups in total. The standard InChI is InChI=1S/C15H14F2N2O3/c1-9-7-12(10(2)21-9)14(20)19-18-8-11-5-3-4-6-13(11)22-15(16)17/h3-8,15H,1-2H3,(H,19,20). The largest absolute Gasteiger partial charge is 0.466 e. The van der Waals surface area contributed by atoms with E-state index >= 15 is 0 Å². The molecule has 0 saturated heterocycles. The molecule has 0 spiro atoms. The van der Waals surface area contributed by atoms with Crippen LogP contribution >= 0.6 is 0 Å². The smallest absolute Gasteiger partial charge is 0.387 e. The molecule has 1 aromatic heterocycles. The van der Waals surface area contributed by atoms with Gasteiger partial charge in [0.2, 0.25) is 0 Å². The van der Waals surface area contributed by atoms with E-state index < -0.39 is 12.5 Å². The Labute approximate surface area is 125 Å². The number of nitrogens with one attached hydrogen (secondary N) is 1. The molecule has 0 aliphatic rings. The van der Waals surface area contributed by atoms with Crippen molar-refractivity contribution in [3.8, 4) is 5.75 Å². The van der Waals surface area contributed by atoms with E-state index in [0.29, 0.717) is 22.6 Å². The van der Waals surface area contributed by atoms with Gasteiger partial charge in [-0.3, -0.25) is 4.79 Å². The van der Waals surface area contributed by atoms with Crippen molar-refractivity contribution < 1.29 is 22.7 Å². The van der Waals surface area contributed by atoms with Gasteiger partial charge >= 0.3 is 6.61 Å². The van der Waals surface area contributed by atoms with Crippen LogP contribution in [-0.4, -0.2) is 18.7 Å². The number of aryl methyl sites for hydroxylation is 2. The maximum absolute atomic E-state index is 12.3. The fourth-order valence-electron chi connectivity index (χ4n) is 1.87. The molecule has 7 heteroatoms. The molecule has 0 atom stereocenters. The third-order valence-corrected chi connectivity index (χ3v) is 2.79. The monoisotopic (exact) mass is 308 g/mol. The number of benzene rings is 1. The molecule has 0 unspecified atom stereocenters. The minimum Gasteiger partial charge on any atom is -0.466 e. The predicted molar refractivity (Wildman–Crippen MR) is 76.3 cm³/mol. The van der Waals surface area contributed by atoms with Crippen molar-refractivity contribution in [2.75, 3.05) is 0 Å². The molecule has 0 bridgehead atoms. The molecule has 0 fully saturated rings. The first-order chi connectivity index (χ1) is 10.5. The summed E-state index contributed by atoms with van der Waals surface area (Å²) in [7, 11) is 0. The summed E-state index contributed by atoms with van der Waals surface area (Å²) >= 11 is 0. The number of furan rings is 1. The van der Waals surface area contributed by atoms with Crippen molar-refractivity contribution in [2.45, 2.75) is 20.5 Å². The lowest BCUT2D eigenvalue weighted by atomic mass is 10.2. The fraction of sp³-hybridized carbons (Fsp3) is 0.200. The number of alkyl halides is 2. The third-order valence-electron chi connectivity index (χ3n) is 2.79. The summed E-state index contributed by atoms with van der Waals surface area (Å²) in [5.74, 6) is 0.623. The SMILES string of the molecule is Cc1cc(C(=O)NN=Cc2ccccc2OC(F)F)c(C)o1. The van der Waals surface area contributed by atoms with Crippen LogP contribution in [0.25, 0.3) is 0 Å². The summed E-state index contributed by atoms with van der Waals surface area (Å²) in [6, 6.07) is 7.73. The first kappa shape index (κ1) is 15.7. The summed E-state index contributed by atoms with van der Waals surface area (Å²) in [6.07, 6.45) is 1.23. The van der Waals surface area contributed by atoms with Gasteiger partial charge in [0.05, 0.1) is 11.8 Å². The van der Waals surface area contributed by atoms with Gasteiger partial charge in [0.25, 0.3) is 5.91 Å². The molecule has 0 saturated carbocycles. The van der Waals surface area contributed by atoms with E-state index in [2.05, 4.69) is 15.3 Å². The molecule has 116 valence electrons. The van der Waals surface area contributed by atoms with Crippen molar-refractivity contribution in [3.63, 3.8) is 0 Å². The van der Waals surface area contributed by atoms with E-state index in [1.807, 2.05) is 0 Å². The lowest BCUT2D eigenvalue weighted by molar-refractivity contribution is -0.0499. The number of hydrogen-bond donors (Lipinski definition) is 1. The number of halogens is 2. The lowest BCUT2D eigenvalue weighted by Crippen LogP contribution is -2.17. The minimum absolute atomic E-state index is 0.0224. The van der Waals surface area contributed by atoms with Gasteiger partial charge in [-0.15, -0.1) is 0 Å². The molecular weight excluding hydrogens is 294 g/mol. The van der Waals surface area contributed by atoms with Gasteiger partial charge in [0.1, 0.15) is 17.3 Å². The number of rotatable bonds is 5.